The van der Waals surface area contributed by atoms with Gasteiger partial charge in [-0.05, 0) is 12.8 Å². The molecule has 1 nitrogen and oxygen atoms in total. The Hall–Kier alpha value is -0.300. The summed E-state index contributed by atoms with van der Waals surface area (Å²) < 4.78 is 5.92. The molecule has 0 spiro atoms. The van der Waals surface area contributed by atoms with Crippen molar-refractivity contribution in [3.63, 3.8) is 0 Å². The minimum absolute atomic E-state index is 0.115. The van der Waals surface area contributed by atoms with Crippen LogP contribution in [-0.2, 0) is 4.74 Å². The highest BCUT2D eigenvalue weighted by Crippen LogP contribution is 2.31. The van der Waals surface area contributed by atoms with Gasteiger partial charge in [-0.3, -0.25) is 0 Å². The number of hydrogen-bond donors (Lipinski definition) is 0. The van der Waals surface area contributed by atoms with Crippen LogP contribution in [0.1, 0.15) is 65.2 Å². The fourth-order valence-electron chi connectivity index (χ4n) is 2.31. The van der Waals surface area contributed by atoms with Gasteiger partial charge in [0.1, 0.15) is 0 Å². The van der Waals surface area contributed by atoms with Crippen LogP contribution >= 0.6 is 0 Å². The zero-order chi connectivity index (χ0) is 11.0. The van der Waals surface area contributed by atoms with Crippen molar-refractivity contribution in [1.82, 2.24) is 0 Å². The molecule has 1 heteroatoms. The SMILES string of the molecule is CCCCCC1(CCCCC)C=CCO1. The topological polar surface area (TPSA) is 9.23 Å². The van der Waals surface area contributed by atoms with Crippen molar-refractivity contribution in [1.29, 1.82) is 0 Å². The normalized spacial score (nSPS) is 18.5. The summed E-state index contributed by atoms with van der Waals surface area (Å²) >= 11 is 0. The molecule has 88 valence electrons. The molecule has 1 rings (SSSR count). The molecular weight excluding hydrogens is 184 g/mol. The van der Waals surface area contributed by atoms with Crippen molar-refractivity contribution in [2.45, 2.75) is 70.8 Å². The number of ether oxygens (including phenoxy) is 1. The predicted octanol–water partition coefficient (Wildman–Crippen LogP) is 4.47. The molecule has 0 aromatic heterocycles. The molecule has 1 heterocycles. The van der Waals surface area contributed by atoms with Gasteiger partial charge in [0.05, 0.1) is 12.2 Å². The molecule has 0 aromatic rings. The summed E-state index contributed by atoms with van der Waals surface area (Å²) in [5.74, 6) is 0. The lowest BCUT2D eigenvalue weighted by Crippen LogP contribution is -2.26. The van der Waals surface area contributed by atoms with Crippen LogP contribution in [0.3, 0.4) is 0 Å². The Bertz CT molecular complexity index is 174. The van der Waals surface area contributed by atoms with Gasteiger partial charge in [-0.15, -0.1) is 0 Å². The Morgan fingerprint density at radius 2 is 1.60 bits per heavy atom. The van der Waals surface area contributed by atoms with E-state index in [1.807, 2.05) is 0 Å². The molecular formula is C14H26O. The summed E-state index contributed by atoms with van der Waals surface area (Å²) in [5, 5.41) is 0. The van der Waals surface area contributed by atoms with E-state index in [0.29, 0.717) is 0 Å². The molecule has 0 bridgehead atoms. The molecule has 0 amide bonds. The number of rotatable bonds is 8. The van der Waals surface area contributed by atoms with Crippen LogP contribution < -0.4 is 0 Å². The Labute approximate surface area is 94.9 Å². The first-order chi connectivity index (χ1) is 7.33. The zero-order valence-corrected chi connectivity index (χ0v) is 10.4. The lowest BCUT2D eigenvalue weighted by molar-refractivity contribution is 0.00859. The van der Waals surface area contributed by atoms with Crippen LogP contribution in [-0.4, -0.2) is 12.2 Å². The number of hydrogen-bond acceptors (Lipinski definition) is 1. The van der Waals surface area contributed by atoms with Gasteiger partial charge in [-0.25, -0.2) is 0 Å². The van der Waals surface area contributed by atoms with E-state index < -0.39 is 0 Å². The second-order valence-corrected chi connectivity index (χ2v) is 4.69. The van der Waals surface area contributed by atoms with E-state index in [9.17, 15) is 0 Å². The second kappa shape index (κ2) is 7.05. The monoisotopic (exact) mass is 210 g/mol. The third kappa shape index (κ3) is 4.38. The van der Waals surface area contributed by atoms with Gasteiger partial charge >= 0.3 is 0 Å². The second-order valence-electron chi connectivity index (χ2n) is 4.69. The molecule has 0 unspecified atom stereocenters. The van der Waals surface area contributed by atoms with Crippen molar-refractivity contribution in [2.75, 3.05) is 6.61 Å². The maximum atomic E-state index is 5.92. The van der Waals surface area contributed by atoms with Crippen molar-refractivity contribution in [3.05, 3.63) is 12.2 Å². The molecule has 1 aliphatic rings. The molecule has 15 heavy (non-hydrogen) atoms. The maximum Gasteiger partial charge on any atom is 0.0867 e. The summed E-state index contributed by atoms with van der Waals surface area (Å²) in [4.78, 5) is 0. The summed E-state index contributed by atoms with van der Waals surface area (Å²) in [6.07, 6.45) is 14.9. The summed E-state index contributed by atoms with van der Waals surface area (Å²) in [6, 6.07) is 0. The highest BCUT2D eigenvalue weighted by Gasteiger charge is 2.29. The fraction of sp³-hybridized carbons (Fsp3) is 0.857. The van der Waals surface area contributed by atoms with E-state index in [2.05, 4.69) is 26.0 Å². The minimum Gasteiger partial charge on any atom is -0.367 e. The highest BCUT2D eigenvalue weighted by molar-refractivity contribution is 5.07. The first-order valence-corrected chi connectivity index (χ1v) is 6.64. The van der Waals surface area contributed by atoms with Crippen molar-refractivity contribution in [2.24, 2.45) is 0 Å². The predicted molar refractivity (Wildman–Crippen MR) is 66.1 cm³/mol. The van der Waals surface area contributed by atoms with E-state index in [1.165, 1.54) is 51.4 Å². The van der Waals surface area contributed by atoms with Gasteiger partial charge in [0.2, 0.25) is 0 Å². The Balaban J connectivity index is 2.30. The summed E-state index contributed by atoms with van der Waals surface area (Å²) in [5.41, 5.74) is 0.115. The van der Waals surface area contributed by atoms with Gasteiger partial charge < -0.3 is 4.74 Å². The molecule has 0 atom stereocenters. The van der Waals surface area contributed by atoms with E-state index in [-0.39, 0.29) is 5.60 Å². The van der Waals surface area contributed by atoms with Crippen molar-refractivity contribution in [3.8, 4) is 0 Å². The Morgan fingerprint density at radius 1 is 1.00 bits per heavy atom. The third-order valence-corrected chi connectivity index (χ3v) is 3.30. The minimum atomic E-state index is 0.115. The Morgan fingerprint density at radius 3 is 2.00 bits per heavy atom. The van der Waals surface area contributed by atoms with Crippen LogP contribution in [0.4, 0.5) is 0 Å². The smallest absolute Gasteiger partial charge is 0.0867 e. The van der Waals surface area contributed by atoms with Crippen LogP contribution in [0.15, 0.2) is 12.2 Å². The largest absolute Gasteiger partial charge is 0.367 e. The maximum absolute atomic E-state index is 5.92. The van der Waals surface area contributed by atoms with Gasteiger partial charge in [-0.1, -0.05) is 64.5 Å². The third-order valence-electron chi connectivity index (χ3n) is 3.30. The van der Waals surface area contributed by atoms with Crippen molar-refractivity contribution >= 4 is 0 Å². The van der Waals surface area contributed by atoms with Gasteiger partial charge in [0.15, 0.2) is 0 Å². The first-order valence-electron chi connectivity index (χ1n) is 6.64. The van der Waals surface area contributed by atoms with E-state index in [1.54, 1.807) is 0 Å². The van der Waals surface area contributed by atoms with Crippen molar-refractivity contribution < 1.29 is 4.74 Å². The van der Waals surface area contributed by atoms with E-state index in [0.717, 1.165) is 6.61 Å². The molecule has 0 radical (unpaired) electrons. The molecule has 0 aromatic carbocycles. The molecule has 0 fully saturated rings. The zero-order valence-electron chi connectivity index (χ0n) is 10.4. The standard InChI is InChI=1S/C14H26O/c1-3-5-7-10-14(11-8-6-4-2)12-9-13-15-14/h9,12H,3-8,10-11,13H2,1-2H3. The van der Waals surface area contributed by atoms with Gasteiger partial charge in [-0.2, -0.15) is 0 Å². The van der Waals surface area contributed by atoms with Gasteiger partial charge in [0, 0.05) is 0 Å². The lowest BCUT2D eigenvalue weighted by atomic mass is 9.90. The molecule has 0 saturated heterocycles. The average molecular weight is 210 g/mol. The summed E-state index contributed by atoms with van der Waals surface area (Å²) in [6.45, 7) is 5.35. The number of unbranched alkanes of at least 4 members (excludes halogenated alkanes) is 4. The highest BCUT2D eigenvalue weighted by atomic mass is 16.5. The quantitative estimate of drug-likeness (QED) is 0.424. The van der Waals surface area contributed by atoms with E-state index in [4.69, 9.17) is 4.74 Å². The molecule has 0 aliphatic carbocycles. The van der Waals surface area contributed by atoms with Crippen LogP contribution in [0.25, 0.3) is 0 Å². The van der Waals surface area contributed by atoms with Crippen LogP contribution in [0.2, 0.25) is 0 Å². The van der Waals surface area contributed by atoms with Crippen LogP contribution in [0, 0.1) is 0 Å². The Kier molecular flexibility index (Phi) is 6.00. The summed E-state index contributed by atoms with van der Waals surface area (Å²) in [7, 11) is 0. The lowest BCUT2D eigenvalue weighted by Gasteiger charge is -2.27. The molecule has 0 N–H and O–H groups in total. The van der Waals surface area contributed by atoms with Gasteiger partial charge in [0.25, 0.3) is 0 Å². The van der Waals surface area contributed by atoms with E-state index >= 15 is 0 Å². The fourth-order valence-corrected chi connectivity index (χ4v) is 2.31. The molecule has 1 aliphatic heterocycles. The first kappa shape index (κ1) is 12.8. The average Bonchev–Trinajstić information content (AvgIpc) is 2.68. The van der Waals surface area contributed by atoms with Crippen LogP contribution in [0.5, 0.6) is 0 Å². The molecule has 0 saturated carbocycles.